The second-order valence-electron chi connectivity index (χ2n) is 4.74. The summed E-state index contributed by atoms with van der Waals surface area (Å²) in [5, 5.41) is 6.28. The van der Waals surface area contributed by atoms with Crippen molar-refractivity contribution in [3.8, 4) is 11.5 Å². The Labute approximate surface area is 133 Å². The van der Waals surface area contributed by atoms with Crippen molar-refractivity contribution in [1.29, 1.82) is 0 Å². The minimum Gasteiger partial charge on any atom is -0.486 e. The van der Waals surface area contributed by atoms with Crippen LogP contribution in [0.25, 0.3) is 0 Å². The van der Waals surface area contributed by atoms with Gasteiger partial charge in [-0.2, -0.15) is 0 Å². The lowest BCUT2D eigenvalue weighted by Gasteiger charge is -2.20. The lowest BCUT2D eigenvalue weighted by molar-refractivity contribution is -0.114. The normalized spacial score (nSPS) is 12.6. The Balaban J connectivity index is 1.62. The molecule has 1 aliphatic heterocycles. The van der Waals surface area contributed by atoms with E-state index in [1.807, 2.05) is 30.3 Å². The van der Waals surface area contributed by atoms with Crippen LogP contribution >= 0.6 is 11.6 Å². The van der Waals surface area contributed by atoms with Gasteiger partial charge in [-0.05, 0) is 12.1 Å². The minimum absolute atomic E-state index is 0.105. The number of halogens is 1. The number of amides is 1. The van der Waals surface area contributed by atoms with Crippen molar-refractivity contribution in [2.75, 3.05) is 30.4 Å². The predicted molar refractivity (Wildman–Crippen MR) is 86.0 cm³/mol. The zero-order chi connectivity index (χ0) is 15.4. The van der Waals surface area contributed by atoms with Crippen LogP contribution in [0.2, 0.25) is 5.02 Å². The van der Waals surface area contributed by atoms with Crippen molar-refractivity contribution in [1.82, 2.24) is 0 Å². The highest BCUT2D eigenvalue weighted by Gasteiger charge is 2.15. The van der Waals surface area contributed by atoms with Gasteiger partial charge in [-0.15, -0.1) is 0 Å². The standard InChI is InChI=1S/C16H15ClN2O3/c17-12-8-14-15(22-7-6-21-14)9-13(12)18-10-16(20)19-11-4-2-1-3-5-11/h1-5,8-9,18H,6-7,10H2,(H,19,20). The molecule has 5 nitrogen and oxygen atoms in total. The maximum Gasteiger partial charge on any atom is 0.243 e. The lowest BCUT2D eigenvalue weighted by Crippen LogP contribution is -2.22. The number of anilines is 2. The fourth-order valence-corrected chi connectivity index (χ4v) is 2.32. The summed E-state index contributed by atoms with van der Waals surface area (Å²) in [5.41, 5.74) is 1.39. The summed E-state index contributed by atoms with van der Waals surface area (Å²) < 4.78 is 10.9. The molecule has 0 saturated carbocycles. The predicted octanol–water partition coefficient (Wildman–Crippen LogP) is 3.16. The smallest absolute Gasteiger partial charge is 0.243 e. The zero-order valence-electron chi connectivity index (χ0n) is 11.8. The van der Waals surface area contributed by atoms with Gasteiger partial charge in [-0.3, -0.25) is 4.79 Å². The molecule has 0 bridgehead atoms. The summed E-state index contributed by atoms with van der Waals surface area (Å²) in [6.45, 7) is 1.12. The molecule has 2 aromatic rings. The van der Waals surface area contributed by atoms with E-state index in [1.54, 1.807) is 12.1 Å². The molecule has 2 N–H and O–H groups in total. The molecule has 2 aromatic carbocycles. The van der Waals surface area contributed by atoms with Crippen LogP contribution in [0.4, 0.5) is 11.4 Å². The van der Waals surface area contributed by atoms with E-state index in [4.69, 9.17) is 21.1 Å². The van der Waals surface area contributed by atoms with E-state index in [9.17, 15) is 4.79 Å². The van der Waals surface area contributed by atoms with Crippen molar-refractivity contribution in [3.05, 3.63) is 47.5 Å². The molecule has 0 radical (unpaired) electrons. The maximum atomic E-state index is 11.9. The third kappa shape index (κ3) is 3.43. The fraction of sp³-hybridized carbons (Fsp3) is 0.188. The number of rotatable bonds is 4. The molecule has 1 amide bonds. The average molecular weight is 319 g/mol. The third-order valence-electron chi connectivity index (χ3n) is 3.13. The van der Waals surface area contributed by atoms with E-state index in [2.05, 4.69) is 10.6 Å². The van der Waals surface area contributed by atoms with E-state index in [-0.39, 0.29) is 12.5 Å². The first kappa shape index (κ1) is 14.5. The topological polar surface area (TPSA) is 59.6 Å². The van der Waals surface area contributed by atoms with Crippen LogP contribution in [-0.2, 0) is 4.79 Å². The Morgan fingerprint density at radius 2 is 1.77 bits per heavy atom. The van der Waals surface area contributed by atoms with Crippen molar-refractivity contribution in [2.24, 2.45) is 0 Å². The number of fused-ring (bicyclic) bond motifs is 1. The van der Waals surface area contributed by atoms with Gasteiger partial charge >= 0.3 is 0 Å². The molecular formula is C16H15ClN2O3. The molecular weight excluding hydrogens is 304 g/mol. The van der Waals surface area contributed by atoms with Crippen molar-refractivity contribution in [2.45, 2.75) is 0 Å². The van der Waals surface area contributed by atoms with Crippen LogP contribution in [0.5, 0.6) is 11.5 Å². The monoisotopic (exact) mass is 318 g/mol. The van der Waals surface area contributed by atoms with E-state index in [0.717, 1.165) is 5.69 Å². The molecule has 1 aliphatic rings. The Morgan fingerprint density at radius 1 is 1.09 bits per heavy atom. The van der Waals surface area contributed by atoms with E-state index in [0.29, 0.717) is 35.4 Å². The van der Waals surface area contributed by atoms with Crippen molar-refractivity contribution >= 4 is 28.9 Å². The number of benzene rings is 2. The van der Waals surface area contributed by atoms with E-state index in [1.165, 1.54) is 0 Å². The first-order chi connectivity index (χ1) is 10.7. The number of ether oxygens (including phenoxy) is 2. The molecule has 6 heteroatoms. The molecule has 0 aromatic heterocycles. The van der Waals surface area contributed by atoms with Gasteiger partial charge in [0.2, 0.25) is 5.91 Å². The summed E-state index contributed by atoms with van der Waals surface area (Å²) in [4.78, 5) is 11.9. The van der Waals surface area contributed by atoms with Gasteiger partial charge in [0.1, 0.15) is 13.2 Å². The largest absolute Gasteiger partial charge is 0.486 e. The number of para-hydroxylation sites is 1. The number of carbonyl (C=O) groups excluding carboxylic acids is 1. The molecule has 114 valence electrons. The number of hydrogen-bond donors (Lipinski definition) is 2. The van der Waals surface area contributed by atoms with Crippen LogP contribution in [-0.4, -0.2) is 25.7 Å². The van der Waals surface area contributed by atoms with Crippen molar-refractivity contribution in [3.63, 3.8) is 0 Å². The highest BCUT2D eigenvalue weighted by atomic mass is 35.5. The summed E-state index contributed by atoms with van der Waals surface area (Å²) >= 11 is 6.18. The number of nitrogens with one attached hydrogen (secondary N) is 2. The Bertz CT molecular complexity index is 677. The van der Waals surface area contributed by atoms with Gasteiger partial charge in [-0.1, -0.05) is 29.8 Å². The molecule has 0 aliphatic carbocycles. The molecule has 0 atom stereocenters. The molecule has 1 heterocycles. The van der Waals surface area contributed by atoms with Crippen LogP contribution in [0.15, 0.2) is 42.5 Å². The van der Waals surface area contributed by atoms with E-state index >= 15 is 0 Å². The van der Waals surface area contributed by atoms with Gasteiger partial charge in [0.25, 0.3) is 0 Å². The quantitative estimate of drug-likeness (QED) is 0.909. The van der Waals surface area contributed by atoms with Crippen LogP contribution in [0.1, 0.15) is 0 Å². The van der Waals surface area contributed by atoms with Crippen LogP contribution < -0.4 is 20.1 Å². The summed E-state index contributed by atoms with van der Waals surface area (Å²) in [6, 6.07) is 12.7. The average Bonchev–Trinajstić information content (AvgIpc) is 2.54. The lowest BCUT2D eigenvalue weighted by atomic mass is 10.2. The van der Waals surface area contributed by atoms with Gasteiger partial charge in [0, 0.05) is 17.8 Å². The second-order valence-corrected chi connectivity index (χ2v) is 5.15. The Kier molecular flexibility index (Phi) is 4.34. The number of carbonyl (C=O) groups is 1. The second kappa shape index (κ2) is 6.58. The maximum absolute atomic E-state index is 11.9. The molecule has 22 heavy (non-hydrogen) atoms. The highest BCUT2D eigenvalue weighted by molar-refractivity contribution is 6.33. The molecule has 0 fully saturated rings. The number of hydrogen-bond acceptors (Lipinski definition) is 4. The SMILES string of the molecule is O=C(CNc1cc2c(cc1Cl)OCCO2)Nc1ccccc1. The van der Waals surface area contributed by atoms with Gasteiger partial charge < -0.3 is 20.1 Å². The van der Waals surface area contributed by atoms with Gasteiger partial charge in [-0.25, -0.2) is 0 Å². The van der Waals surface area contributed by atoms with Crippen LogP contribution in [0.3, 0.4) is 0 Å². The molecule has 3 rings (SSSR count). The van der Waals surface area contributed by atoms with Gasteiger partial charge in [0.05, 0.1) is 17.3 Å². The summed E-state index contributed by atoms with van der Waals surface area (Å²) in [5.74, 6) is 1.09. The minimum atomic E-state index is -0.155. The van der Waals surface area contributed by atoms with Crippen LogP contribution in [0, 0.1) is 0 Å². The molecule has 0 saturated heterocycles. The molecule has 0 spiro atoms. The Hall–Kier alpha value is -2.40. The zero-order valence-corrected chi connectivity index (χ0v) is 12.5. The fourth-order valence-electron chi connectivity index (χ4n) is 2.10. The first-order valence-electron chi connectivity index (χ1n) is 6.90. The van der Waals surface area contributed by atoms with E-state index < -0.39 is 0 Å². The Morgan fingerprint density at radius 3 is 2.50 bits per heavy atom. The molecule has 0 unspecified atom stereocenters. The highest BCUT2D eigenvalue weighted by Crippen LogP contribution is 2.37. The summed E-state index contributed by atoms with van der Waals surface area (Å²) in [7, 11) is 0. The summed E-state index contributed by atoms with van der Waals surface area (Å²) in [6.07, 6.45) is 0. The third-order valence-corrected chi connectivity index (χ3v) is 3.44. The van der Waals surface area contributed by atoms with Gasteiger partial charge in [0.15, 0.2) is 11.5 Å². The van der Waals surface area contributed by atoms with Crippen molar-refractivity contribution < 1.29 is 14.3 Å². The first-order valence-corrected chi connectivity index (χ1v) is 7.28.